The molecule has 1 unspecified atom stereocenters. The largest absolute Gasteiger partial charge is 0.510 e. The van der Waals surface area contributed by atoms with Crippen LogP contribution in [-0.2, 0) is 4.79 Å². The van der Waals surface area contributed by atoms with Gasteiger partial charge in [-0.15, -0.1) is 10.2 Å². The van der Waals surface area contributed by atoms with Crippen molar-refractivity contribution >= 4 is 22.3 Å². The Morgan fingerprint density at radius 1 is 1.24 bits per heavy atom. The standard InChI is InChI=1S/C15H21N3O2S/c1-8-9(2)21-14(16-8)18-17-13-11(19)6-10(7-12(13)20)15(3,4)5/h10,19H,6-7H2,1-5H3. The number of aliphatic hydroxyl groups is 1. The first-order valence-corrected chi connectivity index (χ1v) is 7.81. The van der Waals surface area contributed by atoms with Crippen LogP contribution in [0.1, 0.15) is 44.2 Å². The Labute approximate surface area is 128 Å². The molecule has 0 fully saturated rings. The lowest BCUT2D eigenvalue weighted by Crippen LogP contribution is -2.28. The summed E-state index contributed by atoms with van der Waals surface area (Å²) in [4.78, 5) is 17.5. The first-order valence-electron chi connectivity index (χ1n) is 6.99. The van der Waals surface area contributed by atoms with Gasteiger partial charge in [0, 0.05) is 17.7 Å². The molecule has 1 aromatic heterocycles. The molecular weight excluding hydrogens is 286 g/mol. The van der Waals surface area contributed by atoms with Crippen LogP contribution < -0.4 is 0 Å². The van der Waals surface area contributed by atoms with E-state index in [4.69, 9.17) is 0 Å². The molecule has 6 heteroatoms. The van der Waals surface area contributed by atoms with Gasteiger partial charge in [0.2, 0.25) is 5.13 Å². The molecule has 5 nitrogen and oxygen atoms in total. The number of carbonyl (C=O) groups excluding carboxylic acids is 1. The van der Waals surface area contributed by atoms with Gasteiger partial charge in [0.15, 0.2) is 11.5 Å². The molecule has 0 radical (unpaired) electrons. The van der Waals surface area contributed by atoms with Crippen LogP contribution in [0.15, 0.2) is 21.7 Å². The Kier molecular flexibility index (Phi) is 4.27. The third-order valence-corrected chi connectivity index (χ3v) is 4.84. The number of azo groups is 1. The summed E-state index contributed by atoms with van der Waals surface area (Å²) in [6.45, 7) is 10.1. The van der Waals surface area contributed by atoms with Gasteiger partial charge in [-0.1, -0.05) is 32.1 Å². The number of rotatable bonds is 2. The summed E-state index contributed by atoms with van der Waals surface area (Å²) in [5.41, 5.74) is 0.978. The molecule has 1 aromatic rings. The Hall–Kier alpha value is -1.56. The zero-order valence-corrected chi connectivity index (χ0v) is 13.9. The summed E-state index contributed by atoms with van der Waals surface area (Å²) >= 11 is 1.42. The van der Waals surface area contributed by atoms with E-state index in [1.807, 2.05) is 13.8 Å². The number of aromatic nitrogens is 1. The van der Waals surface area contributed by atoms with Gasteiger partial charge in [-0.3, -0.25) is 4.79 Å². The molecule has 1 atom stereocenters. The van der Waals surface area contributed by atoms with Gasteiger partial charge in [0.05, 0.1) is 5.69 Å². The SMILES string of the molecule is Cc1nc(N=NC2=C(O)CC(C(C)(C)C)CC2=O)sc1C. The molecule has 0 spiro atoms. The maximum absolute atomic E-state index is 12.2. The van der Waals surface area contributed by atoms with Gasteiger partial charge in [0.1, 0.15) is 5.76 Å². The van der Waals surface area contributed by atoms with Crippen LogP contribution in [0.4, 0.5) is 5.13 Å². The van der Waals surface area contributed by atoms with Crippen LogP contribution in [0.5, 0.6) is 0 Å². The van der Waals surface area contributed by atoms with Crippen LogP contribution in [-0.4, -0.2) is 15.9 Å². The minimum Gasteiger partial charge on any atom is -0.510 e. The summed E-state index contributed by atoms with van der Waals surface area (Å²) in [6.07, 6.45) is 0.872. The van der Waals surface area contributed by atoms with Crippen molar-refractivity contribution < 1.29 is 9.90 Å². The monoisotopic (exact) mass is 307 g/mol. The second-order valence-electron chi connectivity index (χ2n) is 6.53. The van der Waals surface area contributed by atoms with Crippen LogP contribution in [0.25, 0.3) is 0 Å². The number of aryl methyl sites for hydroxylation is 2. The highest BCUT2D eigenvalue weighted by atomic mass is 32.1. The van der Waals surface area contributed by atoms with Gasteiger partial charge in [0.25, 0.3) is 0 Å². The first kappa shape index (κ1) is 15.8. The van der Waals surface area contributed by atoms with Crippen LogP contribution in [0, 0.1) is 25.2 Å². The Morgan fingerprint density at radius 2 is 1.90 bits per heavy atom. The highest BCUT2D eigenvalue weighted by Gasteiger charge is 2.34. The zero-order chi connectivity index (χ0) is 15.8. The number of Topliss-reactive ketones (excluding diaryl/α,β-unsaturated/α-hetero) is 1. The van der Waals surface area contributed by atoms with Crippen LogP contribution in [0.3, 0.4) is 0 Å². The summed E-state index contributed by atoms with van der Waals surface area (Å²) in [5.74, 6) is 0.0284. The maximum atomic E-state index is 12.2. The van der Waals surface area contributed by atoms with Crippen LogP contribution in [0.2, 0.25) is 0 Å². The number of hydrogen-bond donors (Lipinski definition) is 1. The molecule has 0 saturated carbocycles. The topological polar surface area (TPSA) is 74.9 Å². The van der Waals surface area contributed by atoms with Gasteiger partial charge in [-0.2, -0.15) is 0 Å². The van der Waals surface area contributed by atoms with Crippen molar-refractivity contribution in [1.82, 2.24) is 4.98 Å². The number of allylic oxidation sites excluding steroid dienone is 2. The third-order valence-electron chi connectivity index (χ3n) is 3.89. The maximum Gasteiger partial charge on any atom is 0.230 e. The summed E-state index contributed by atoms with van der Waals surface area (Å²) in [7, 11) is 0. The average molecular weight is 307 g/mol. The molecular formula is C15H21N3O2S. The molecule has 0 saturated heterocycles. The number of hydrogen-bond acceptors (Lipinski definition) is 6. The van der Waals surface area contributed by atoms with E-state index in [1.54, 1.807) is 0 Å². The van der Waals surface area contributed by atoms with E-state index in [2.05, 4.69) is 36.0 Å². The van der Waals surface area contributed by atoms with Crippen LogP contribution >= 0.6 is 11.3 Å². The summed E-state index contributed by atoms with van der Waals surface area (Å²) in [6, 6.07) is 0. The Balaban J connectivity index is 2.21. The second kappa shape index (κ2) is 5.67. The summed E-state index contributed by atoms with van der Waals surface area (Å²) < 4.78 is 0. The Morgan fingerprint density at radius 3 is 2.38 bits per heavy atom. The highest BCUT2D eigenvalue weighted by molar-refractivity contribution is 7.15. The third kappa shape index (κ3) is 3.56. The first-order chi connectivity index (χ1) is 9.68. The van der Waals surface area contributed by atoms with Gasteiger partial charge in [-0.25, -0.2) is 4.98 Å². The lowest BCUT2D eigenvalue weighted by Gasteiger charge is -2.32. The number of thiazole rings is 1. The smallest absolute Gasteiger partial charge is 0.230 e. The van der Waals surface area contributed by atoms with E-state index in [9.17, 15) is 9.90 Å². The number of carbonyl (C=O) groups is 1. The average Bonchev–Trinajstić information content (AvgIpc) is 2.66. The highest BCUT2D eigenvalue weighted by Crippen LogP contribution is 2.38. The molecule has 0 bridgehead atoms. The molecule has 0 aromatic carbocycles. The van der Waals surface area contributed by atoms with E-state index < -0.39 is 0 Å². The summed E-state index contributed by atoms with van der Waals surface area (Å²) in [5, 5.41) is 18.5. The van der Waals surface area contributed by atoms with E-state index in [0.717, 1.165) is 10.6 Å². The van der Waals surface area contributed by atoms with Crippen molar-refractivity contribution in [3.05, 3.63) is 22.0 Å². The molecule has 21 heavy (non-hydrogen) atoms. The lowest BCUT2D eigenvalue weighted by molar-refractivity contribution is -0.118. The molecule has 0 amide bonds. The molecule has 1 N–H and O–H groups in total. The molecule has 0 aliphatic heterocycles. The van der Waals surface area contributed by atoms with E-state index in [0.29, 0.717) is 18.0 Å². The van der Waals surface area contributed by atoms with Crippen molar-refractivity contribution in [1.29, 1.82) is 0 Å². The quantitative estimate of drug-likeness (QED) is 0.809. The van der Waals surface area contributed by atoms with E-state index in [1.165, 1.54) is 11.3 Å². The number of aliphatic hydroxyl groups excluding tert-OH is 1. The minimum absolute atomic E-state index is 0.0180. The van der Waals surface area contributed by atoms with Crippen molar-refractivity contribution in [2.75, 3.05) is 0 Å². The van der Waals surface area contributed by atoms with Crippen molar-refractivity contribution in [3.8, 4) is 0 Å². The molecule has 2 rings (SSSR count). The van der Waals surface area contributed by atoms with E-state index >= 15 is 0 Å². The normalized spacial score (nSPS) is 20.6. The predicted octanol–water partition coefficient (Wildman–Crippen LogP) is 4.64. The van der Waals surface area contributed by atoms with Gasteiger partial charge in [-0.05, 0) is 25.2 Å². The minimum atomic E-state index is -0.146. The molecule has 1 aliphatic rings. The molecule has 1 aliphatic carbocycles. The van der Waals surface area contributed by atoms with Crippen molar-refractivity contribution in [2.45, 2.75) is 47.5 Å². The molecule has 1 heterocycles. The lowest BCUT2D eigenvalue weighted by atomic mass is 9.73. The predicted molar refractivity (Wildman–Crippen MR) is 82.9 cm³/mol. The fourth-order valence-electron chi connectivity index (χ4n) is 2.20. The zero-order valence-electron chi connectivity index (χ0n) is 13.1. The molecule has 114 valence electrons. The number of ketones is 1. The van der Waals surface area contributed by atoms with Gasteiger partial charge >= 0.3 is 0 Å². The van der Waals surface area contributed by atoms with Crippen molar-refractivity contribution in [3.63, 3.8) is 0 Å². The second-order valence-corrected chi connectivity index (χ2v) is 7.71. The fourth-order valence-corrected chi connectivity index (χ4v) is 2.93. The number of nitrogens with zero attached hydrogens (tertiary/aromatic N) is 3. The van der Waals surface area contributed by atoms with Gasteiger partial charge < -0.3 is 5.11 Å². The van der Waals surface area contributed by atoms with Crippen molar-refractivity contribution in [2.24, 2.45) is 21.6 Å². The Bertz CT molecular complexity index is 604. The fraction of sp³-hybridized carbons (Fsp3) is 0.600. The van der Waals surface area contributed by atoms with E-state index in [-0.39, 0.29) is 28.6 Å².